The lowest BCUT2D eigenvalue weighted by molar-refractivity contribution is -0.151. The number of hydrogen-bond donors (Lipinski definition) is 4. The van der Waals surface area contributed by atoms with Crippen LogP contribution in [-0.2, 0) is 76.8 Å². The molecule has 2 aliphatic rings. The number of nitrogens with zero attached hydrogens (tertiary/aromatic N) is 8. The molecule has 0 aromatic heterocycles. The van der Waals surface area contributed by atoms with E-state index in [9.17, 15) is 43.2 Å². The van der Waals surface area contributed by atoms with Gasteiger partial charge in [0.1, 0.15) is 47.8 Å². The normalized spacial score (nSPS) is 23.5. The summed E-state index contributed by atoms with van der Waals surface area (Å²) < 4.78 is 0.840. The van der Waals surface area contributed by atoms with E-state index in [0.29, 0.717) is 66.9 Å². The zero-order chi connectivity index (χ0) is 71.5. The lowest BCUT2D eigenvalue weighted by atomic mass is 9.95. The minimum atomic E-state index is -1.73. The van der Waals surface area contributed by atoms with E-state index in [1.165, 1.54) is 77.9 Å². The third kappa shape index (κ3) is 21.9. The first-order valence-corrected chi connectivity index (χ1v) is 34.5. The maximum absolute atomic E-state index is 15.3. The van der Waals surface area contributed by atoms with E-state index >= 15 is 14.4 Å². The Morgan fingerprint density at radius 2 is 1.17 bits per heavy atom. The van der Waals surface area contributed by atoms with Crippen LogP contribution < -0.4 is 21.3 Å². The van der Waals surface area contributed by atoms with Crippen LogP contribution in [0.5, 0.6) is 0 Å². The molecule has 24 nitrogen and oxygen atoms in total. The highest BCUT2D eigenvalue weighted by atomic mass is 127. The van der Waals surface area contributed by atoms with Crippen LogP contribution in [0.2, 0.25) is 5.02 Å². The topological polar surface area (TPSA) is 279 Å². The summed E-state index contributed by atoms with van der Waals surface area (Å²) in [5, 5.41) is 11.9. The van der Waals surface area contributed by atoms with Gasteiger partial charge >= 0.3 is 0 Å². The van der Waals surface area contributed by atoms with Crippen molar-refractivity contribution in [3.8, 4) is 0 Å². The number of rotatable bonds is 14. The van der Waals surface area contributed by atoms with Crippen molar-refractivity contribution in [3.63, 3.8) is 0 Å². The number of unbranched alkanes of at least 4 members (excludes halogenated alkanes) is 1. The molecule has 0 saturated carbocycles. The molecular weight excluding hydrogens is 1360 g/mol. The Balaban J connectivity index is 1.63. The molecule has 5 rings (SSSR count). The Bertz CT molecular complexity index is 3240. The highest BCUT2D eigenvalue weighted by Crippen LogP contribution is 2.24. The summed E-state index contributed by atoms with van der Waals surface area (Å²) in [6, 6.07) is 13.7. The molecule has 0 bridgehead atoms. The van der Waals surface area contributed by atoms with Gasteiger partial charge in [-0.2, -0.15) is 0 Å². The van der Waals surface area contributed by atoms with Gasteiger partial charge in [0.15, 0.2) is 0 Å². The second-order valence-corrected chi connectivity index (χ2v) is 28.2. The quantitative estimate of drug-likeness (QED) is 0.164. The standard InChI is InChI=1S/C70H100ClIN12O12/c1-15-17-28-51-65(92)83(14)70(6,7)69(96)75-53(37-46-24-19-18-20-25-46)64(91)82(13)56(67(94)84-33-21-22-34-84)40-58(86)80(11)54(35-44(3)4)63(90)76-61(45(5)16-2)68(95)79(10)42-59(87)77(8)43-60(88)81(12)55(39-47-29-31-49(71)32-30-47)66(93)78(9)41-57(85)73-52(62(89)74-51)38-48-26-23-27-50(72)36-48/h18-20,23-27,29-32,36,44-45,51-56,61H,15-17,21-22,28,33-35,37-43H2,1-14H3,(H,73,85)(H,74,89)(H,75,96)(H,76,90)/t45-,51-,52-,53-,54-,55-,56-,61-/m0/s1. The van der Waals surface area contributed by atoms with Gasteiger partial charge in [-0.1, -0.05) is 120 Å². The predicted molar refractivity (Wildman–Crippen MR) is 374 cm³/mol. The largest absolute Gasteiger partial charge is 0.343 e. The number of likely N-dealkylation sites (N-methyl/N-ethyl adjacent to an activating group) is 7. The SMILES string of the molecule is CCCC[C@@H]1NC(=O)[C@H](Cc2cccc(I)c2)NC(=O)CN(C)C(=O)[C@H](Cc2ccc(Cl)cc2)N(C)C(=O)CN(C)C(=O)CN(C)C(=O)[C@H]([C@@H](C)CC)NC(=O)[C@H](CC(C)C)N(C)C(=O)C[C@@H](C(=O)N2CCCC2)N(C)C(=O)[C@H](Cc2ccccc2)NC(=O)C(C)(C)N(C)C1=O. The molecule has 0 aliphatic carbocycles. The highest BCUT2D eigenvalue weighted by molar-refractivity contribution is 14.1. The number of benzene rings is 3. The van der Waals surface area contributed by atoms with Crippen molar-refractivity contribution >= 4 is 105 Å². The van der Waals surface area contributed by atoms with Crippen LogP contribution in [0.15, 0.2) is 78.9 Å². The zero-order valence-corrected chi connectivity index (χ0v) is 61.2. The average molecular weight is 1460 g/mol. The van der Waals surface area contributed by atoms with Gasteiger partial charge in [0.25, 0.3) is 0 Å². The molecule has 0 unspecified atom stereocenters. The molecule has 0 radical (unpaired) electrons. The van der Waals surface area contributed by atoms with Crippen molar-refractivity contribution in [2.24, 2.45) is 11.8 Å². The van der Waals surface area contributed by atoms with Crippen LogP contribution in [0.3, 0.4) is 0 Å². The van der Waals surface area contributed by atoms with E-state index < -0.39 is 151 Å². The second-order valence-electron chi connectivity index (χ2n) is 26.5. The Morgan fingerprint density at radius 3 is 1.77 bits per heavy atom. The van der Waals surface area contributed by atoms with Crippen molar-refractivity contribution in [2.75, 3.05) is 82.1 Å². The van der Waals surface area contributed by atoms with E-state index in [-0.39, 0.29) is 38.0 Å². The fraction of sp³-hybridized carbons (Fsp3) is 0.571. The predicted octanol–water partition coefficient (Wildman–Crippen LogP) is 4.31. The van der Waals surface area contributed by atoms with Gasteiger partial charge in [0, 0.05) is 90.3 Å². The molecule has 0 spiro atoms. The van der Waals surface area contributed by atoms with Crippen LogP contribution >= 0.6 is 34.2 Å². The summed E-state index contributed by atoms with van der Waals surface area (Å²) in [5.41, 5.74) is 0.168. The summed E-state index contributed by atoms with van der Waals surface area (Å²) in [7, 11) is 9.74. The van der Waals surface area contributed by atoms with Crippen LogP contribution in [-0.4, -0.2) is 240 Å². The highest BCUT2D eigenvalue weighted by Gasteiger charge is 2.44. The van der Waals surface area contributed by atoms with E-state index in [2.05, 4.69) is 43.9 Å². The van der Waals surface area contributed by atoms with Crippen molar-refractivity contribution in [2.45, 2.75) is 167 Å². The zero-order valence-electron chi connectivity index (χ0n) is 58.2. The van der Waals surface area contributed by atoms with Crippen LogP contribution in [0.25, 0.3) is 0 Å². The number of carbonyl (C=O) groups is 12. The number of carbonyl (C=O) groups excluding carboxylic acids is 12. The Labute approximate surface area is 584 Å². The van der Waals surface area contributed by atoms with Crippen molar-refractivity contribution in [1.82, 2.24) is 60.5 Å². The molecule has 4 N–H and O–H groups in total. The molecule has 2 fully saturated rings. The van der Waals surface area contributed by atoms with Gasteiger partial charge in [-0.25, -0.2) is 0 Å². The number of likely N-dealkylation sites (tertiary alicyclic amines) is 1. The maximum atomic E-state index is 15.3. The van der Waals surface area contributed by atoms with Gasteiger partial charge < -0.3 is 60.5 Å². The molecule has 8 atom stereocenters. The van der Waals surface area contributed by atoms with Gasteiger partial charge in [0.05, 0.1) is 26.1 Å². The minimum absolute atomic E-state index is 0.0502. The summed E-state index contributed by atoms with van der Waals surface area (Å²) in [4.78, 5) is 186. The summed E-state index contributed by atoms with van der Waals surface area (Å²) >= 11 is 8.37. The lowest BCUT2D eigenvalue weighted by Crippen LogP contribution is -2.63. The lowest BCUT2D eigenvalue weighted by Gasteiger charge is -2.39. The monoisotopic (exact) mass is 1460 g/mol. The number of halogens is 2. The van der Waals surface area contributed by atoms with E-state index in [0.717, 1.165) is 23.2 Å². The maximum Gasteiger partial charge on any atom is 0.246 e. The van der Waals surface area contributed by atoms with E-state index in [1.54, 1.807) is 78.6 Å². The number of nitrogens with one attached hydrogen (secondary N) is 4. The third-order valence-electron chi connectivity index (χ3n) is 18.4. The van der Waals surface area contributed by atoms with Gasteiger partial charge in [-0.3, -0.25) is 57.5 Å². The minimum Gasteiger partial charge on any atom is -0.343 e. The summed E-state index contributed by atoms with van der Waals surface area (Å²) in [5.74, 6) is -8.86. The number of amides is 12. The first kappa shape index (κ1) is 79.0. The molecule has 2 heterocycles. The first-order chi connectivity index (χ1) is 45.2. The molecule has 526 valence electrons. The summed E-state index contributed by atoms with van der Waals surface area (Å²) in [6.45, 7) is 11.2. The van der Waals surface area contributed by atoms with Gasteiger partial charge in [-0.15, -0.1) is 0 Å². The molecule has 2 aliphatic heterocycles. The summed E-state index contributed by atoms with van der Waals surface area (Å²) in [6.07, 6.45) is 2.31. The molecule has 12 amide bonds. The average Bonchev–Trinajstić information content (AvgIpc) is 1.64. The molecule has 3 aromatic rings. The smallest absolute Gasteiger partial charge is 0.246 e. The first-order valence-electron chi connectivity index (χ1n) is 33.0. The van der Waals surface area contributed by atoms with E-state index in [1.807, 2.05) is 39.8 Å². The van der Waals surface area contributed by atoms with Crippen LogP contribution in [0, 0.1) is 15.4 Å². The Hall–Kier alpha value is -7.68. The molecule has 96 heavy (non-hydrogen) atoms. The Kier molecular flexibility index (Phi) is 30.1. The van der Waals surface area contributed by atoms with Gasteiger partial charge in [0.2, 0.25) is 70.9 Å². The molecule has 2 saturated heterocycles. The van der Waals surface area contributed by atoms with Crippen molar-refractivity contribution < 1.29 is 57.5 Å². The third-order valence-corrected chi connectivity index (χ3v) is 19.3. The fourth-order valence-corrected chi connectivity index (χ4v) is 12.3. The van der Waals surface area contributed by atoms with E-state index in [4.69, 9.17) is 11.6 Å². The molecule has 3 aromatic carbocycles. The number of hydrogen-bond acceptors (Lipinski definition) is 12. The van der Waals surface area contributed by atoms with Crippen molar-refractivity contribution in [1.29, 1.82) is 0 Å². The molecule has 26 heteroatoms. The second kappa shape index (κ2) is 36.6. The van der Waals surface area contributed by atoms with Crippen molar-refractivity contribution in [3.05, 3.63) is 104 Å². The van der Waals surface area contributed by atoms with Crippen LogP contribution in [0.4, 0.5) is 0 Å². The van der Waals surface area contributed by atoms with Crippen LogP contribution in [0.1, 0.15) is 117 Å². The molecular formula is C70H100ClIN12O12. The van der Waals surface area contributed by atoms with Gasteiger partial charge in [-0.05, 0) is 115 Å². The fourth-order valence-electron chi connectivity index (χ4n) is 11.6. The Morgan fingerprint density at radius 1 is 0.583 bits per heavy atom.